The summed E-state index contributed by atoms with van der Waals surface area (Å²) in [7, 11) is 0. The number of carbonyl (C=O) groups is 4. The minimum Gasteiger partial charge on any atom is -0.466 e. The molecule has 0 aromatic heterocycles. The fourth-order valence-electron chi connectivity index (χ4n) is 4.88. The Morgan fingerprint density at radius 3 is 1.21 bits per heavy atom. The van der Waals surface area contributed by atoms with Crippen LogP contribution in [-0.4, -0.2) is 37.0 Å². The third-order valence-electron chi connectivity index (χ3n) is 7.43. The van der Waals surface area contributed by atoms with Gasteiger partial charge < -0.3 is 20.1 Å². The van der Waals surface area contributed by atoms with Crippen molar-refractivity contribution in [3.63, 3.8) is 0 Å². The number of nitrogens with one attached hydrogen (secondary N) is 2. The highest BCUT2D eigenvalue weighted by atomic mass is 16.5. The van der Waals surface area contributed by atoms with E-state index in [0.717, 1.165) is 36.8 Å². The molecule has 0 radical (unpaired) electrons. The lowest BCUT2D eigenvalue weighted by atomic mass is 10.0. The Balaban J connectivity index is 1.07. The molecule has 0 aliphatic rings. The molecule has 0 fully saturated rings. The van der Waals surface area contributed by atoms with E-state index in [1.54, 1.807) is 0 Å². The monoisotopic (exact) mass is 634 g/mol. The molecular formula is C39H42N2O6. The van der Waals surface area contributed by atoms with Crippen LogP contribution in [0.5, 0.6) is 0 Å². The van der Waals surface area contributed by atoms with Crippen LogP contribution < -0.4 is 10.6 Å². The van der Waals surface area contributed by atoms with Crippen LogP contribution in [0.4, 0.5) is 11.4 Å². The van der Waals surface area contributed by atoms with Gasteiger partial charge in [-0.2, -0.15) is 0 Å². The molecule has 0 heterocycles. The number of aryl methyl sites for hydroxylation is 2. The van der Waals surface area contributed by atoms with Crippen LogP contribution in [0.3, 0.4) is 0 Å². The van der Waals surface area contributed by atoms with Crippen LogP contribution in [0.2, 0.25) is 0 Å². The third kappa shape index (κ3) is 13.7. The molecule has 0 unspecified atom stereocenters. The number of carbonyl (C=O) groups excluding carboxylic acids is 4. The molecule has 0 saturated heterocycles. The maximum Gasteiger partial charge on any atom is 0.306 e. The van der Waals surface area contributed by atoms with Gasteiger partial charge in [0, 0.05) is 24.2 Å². The largest absolute Gasteiger partial charge is 0.466 e. The summed E-state index contributed by atoms with van der Waals surface area (Å²) >= 11 is 0. The first-order valence-electron chi connectivity index (χ1n) is 16.1. The summed E-state index contributed by atoms with van der Waals surface area (Å²) in [6.07, 6.45) is 4.02. The van der Waals surface area contributed by atoms with Crippen molar-refractivity contribution in [2.24, 2.45) is 0 Å². The maximum atomic E-state index is 12.3. The van der Waals surface area contributed by atoms with Crippen molar-refractivity contribution in [2.45, 2.75) is 57.8 Å². The molecule has 0 aliphatic heterocycles. The van der Waals surface area contributed by atoms with Gasteiger partial charge in [-0.05, 0) is 78.6 Å². The van der Waals surface area contributed by atoms with Gasteiger partial charge in [-0.15, -0.1) is 0 Å². The van der Waals surface area contributed by atoms with E-state index >= 15 is 0 Å². The molecule has 4 aromatic rings. The zero-order chi connectivity index (χ0) is 33.1. The van der Waals surface area contributed by atoms with Gasteiger partial charge in [0.25, 0.3) is 0 Å². The predicted octanol–water partition coefficient (Wildman–Crippen LogP) is 7.07. The maximum absolute atomic E-state index is 12.3. The number of rotatable bonds is 18. The summed E-state index contributed by atoms with van der Waals surface area (Å²) < 4.78 is 10.5. The average Bonchev–Trinajstić information content (AvgIpc) is 3.09. The highest BCUT2D eigenvalue weighted by Gasteiger charge is 2.10. The number of esters is 2. The minimum absolute atomic E-state index is 0.0355. The number of anilines is 2. The van der Waals surface area contributed by atoms with Crippen molar-refractivity contribution in [3.05, 3.63) is 131 Å². The predicted molar refractivity (Wildman–Crippen MR) is 183 cm³/mol. The molecular weight excluding hydrogens is 592 g/mol. The molecule has 0 bridgehead atoms. The third-order valence-corrected chi connectivity index (χ3v) is 7.43. The molecule has 2 amide bonds. The standard InChI is InChI=1S/C39H42N2O6/c42-36(23-25-38(44)46-27-7-13-30-9-3-1-4-10-30)40-34-19-15-32(16-20-34)29-33-17-21-35(22-18-33)41-37(43)24-26-39(45)47-28-8-14-31-11-5-2-6-12-31/h1-6,9-12,15-22H,7-8,13-14,23-29H2,(H,40,42)(H,41,43). The molecule has 8 heteroatoms. The number of ether oxygens (including phenoxy) is 2. The molecule has 0 saturated carbocycles. The average molecular weight is 635 g/mol. The van der Waals surface area contributed by atoms with Gasteiger partial charge in [-0.3, -0.25) is 19.2 Å². The van der Waals surface area contributed by atoms with Crippen molar-refractivity contribution in [3.8, 4) is 0 Å². The Labute approximate surface area is 276 Å². The zero-order valence-corrected chi connectivity index (χ0v) is 26.6. The second kappa shape index (κ2) is 19.3. The van der Waals surface area contributed by atoms with Gasteiger partial charge in [0.05, 0.1) is 26.1 Å². The summed E-state index contributed by atoms with van der Waals surface area (Å²) in [5, 5.41) is 5.65. The zero-order valence-electron chi connectivity index (χ0n) is 26.6. The molecule has 4 rings (SSSR count). The molecule has 4 aromatic carbocycles. The molecule has 0 aliphatic carbocycles. The lowest BCUT2D eigenvalue weighted by Gasteiger charge is -2.09. The van der Waals surface area contributed by atoms with Gasteiger partial charge in [-0.25, -0.2) is 0 Å². The summed E-state index contributed by atoms with van der Waals surface area (Å²) in [5.41, 5.74) is 5.83. The van der Waals surface area contributed by atoms with Crippen LogP contribution in [0.1, 0.15) is 60.8 Å². The van der Waals surface area contributed by atoms with E-state index in [1.807, 2.05) is 109 Å². The van der Waals surface area contributed by atoms with Gasteiger partial charge in [0.15, 0.2) is 0 Å². The molecule has 244 valence electrons. The Bertz CT molecular complexity index is 1440. The number of hydrogen-bond donors (Lipinski definition) is 2. The van der Waals surface area contributed by atoms with Crippen molar-refractivity contribution in [2.75, 3.05) is 23.8 Å². The Hall–Kier alpha value is -5.24. The quantitative estimate of drug-likeness (QED) is 0.0895. The van der Waals surface area contributed by atoms with Gasteiger partial charge >= 0.3 is 11.9 Å². The minimum atomic E-state index is -0.375. The second-order valence-corrected chi connectivity index (χ2v) is 11.3. The van der Waals surface area contributed by atoms with Crippen LogP contribution in [0.25, 0.3) is 0 Å². The van der Waals surface area contributed by atoms with E-state index in [9.17, 15) is 19.2 Å². The van der Waals surface area contributed by atoms with Gasteiger partial charge in [0.1, 0.15) is 0 Å². The summed E-state index contributed by atoms with van der Waals surface area (Å²) in [5.74, 6) is -1.24. The van der Waals surface area contributed by atoms with E-state index in [0.29, 0.717) is 31.0 Å². The fourth-order valence-corrected chi connectivity index (χ4v) is 4.88. The van der Waals surface area contributed by atoms with E-state index in [2.05, 4.69) is 10.6 Å². The summed E-state index contributed by atoms with van der Waals surface area (Å²) in [4.78, 5) is 48.6. The Morgan fingerprint density at radius 1 is 0.447 bits per heavy atom. The first-order valence-corrected chi connectivity index (χ1v) is 16.1. The topological polar surface area (TPSA) is 111 Å². The Kier molecular flexibility index (Phi) is 14.2. The van der Waals surface area contributed by atoms with Gasteiger partial charge in [-0.1, -0.05) is 84.9 Å². The van der Waals surface area contributed by atoms with Crippen molar-refractivity contribution >= 4 is 35.1 Å². The van der Waals surface area contributed by atoms with Crippen LogP contribution in [0.15, 0.2) is 109 Å². The SMILES string of the molecule is O=C(CCC(=O)OCCCc1ccccc1)Nc1ccc(Cc2ccc(NC(=O)CCC(=O)OCCCc3ccccc3)cc2)cc1. The molecule has 0 atom stereocenters. The fraction of sp³-hybridized carbons (Fsp3) is 0.282. The lowest BCUT2D eigenvalue weighted by molar-refractivity contribution is -0.145. The van der Waals surface area contributed by atoms with Crippen molar-refractivity contribution in [1.82, 2.24) is 0 Å². The molecule has 0 spiro atoms. The van der Waals surface area contributed by atoms with Gasteiger partial charge in [0.2, 0.25) is 11.8 Å². The highest BCUT2D eigenvalue weighted by molar-refractivity contribution is 5.93. The van der Waals surface area contributed by atoms with E-state index in [1.165, 1.54) is 11.1 Å². The smallest absolute Gasteiger partial charge is 0.306 e. The van der Waals surface area contributed by atoms with Crippen LogP contribution in [-0.2, 0) is 47.9 Å². The molecule has 8 nitrogen and oxygen atoms in total. The van der Waals surface area contributed by atoms with E-state index in [4.69, 9.17) is 9.47 Å². The first kappa shape index (κ1) is 34.6. The summed E-state index contributed by atoms with van der Waals surface area (Å²) in [6.45, 7) is 0.672. The van der Waals surface area contributed by atoms with Crippen molar-refractivity contribution in [1.29, 1.82) is 0 Å². The normalized spacial score (nSPS) is 10.6. The first-order chi connectivity index (χ1) is 22.9. The second-order valence-electron chi connectivity index (χ2n) is 11.3. The van der Waals surface area contributed by atoms with Crippen LogP contribution in [0, 0.1) is 0 Å². The highest BCUT2D eigenvalue weighted by Crippen LogP contribution is 2.17. The lowest BCUT2D eigenvalue weighted by Crippen LogP contribution is -2.15. The number of amides is 2. The number of benzene rings is 4. The van der Waals surface area contributed by atoms with Crippen molar-refractivity contribution < 1.29 is 28.7 Å². The van der Waals surface area contributed by atoms with E-state index < -0.39 is 0 Å². The molecule has 2 N–H and O–H groups in total. The summed E-state index contributed by atoms with van der Waals surface area (Å²) in [6, 6.07) is 35.1. The van der Waals surface area contributed by atoms with E-state index in [-0.39, 0.29) is 49.4 Å². The Morgan fingerprint density at radius 2 is 0.830 bits per heavy atom. The number of hydrogen-bond acceptors (Lipinski definition) is 6. The molecule has 47 heavy (non-hydrogen) atoms. The van der Waals surface area contributed by atoms with Crippen LogP contribution >= 0.6 is 0 Å².